The highest BCUT2D eigenvalue weighted by Gasteiger charge is 2.60. The highest BCUT2D eigenvalue weighted by molar-refractivity contribution is 5.80. The molecule has 8 heteroatoms. The highest BCUT2D eigenvalue weighted by Crippen LogP contribution is 2.46. The van der Waals surface area contributed by atoms with Crippen molar-refractivity contribution in [2.45, 2.75) is 32.3 Å². The van der Waals surface area contributed by atoms with Gasteiger partial charge in [0.15, 0.2) is 0 Å². The number of fused-ring (bicyclic) bond motifs is 3. The minimum atomic E-state index is -0.970. The Kier molecular flexibility index (Phi) is 5.49. The molecule has 3 aliphatic rings. The lowest BCUT2D eigenvalue weighted by molar-refractivity contribution is -0.149. The monoisotopic (exact) mass is 478 g/mol. The van der Waals surface area contributed by atoms with Crippen LogP contribution in [-0.2, 0) is 14.3 Å². The van der Waals surface area contributed by atoms with Crippen molar-refractivity contribution in [3.8, 4) is 11.1 Å². The molecular weight excluding hydrogens is 448 g/mol. The minimum Gasteiger partial charge on any atom is -0.481 e. The molecule has 8 nitrogen and oxygen atoms in total. The summed E-state index contributed by atoms with van der Waals surface area (Å²) in [4.78, 5) is 40.4. The van der Waals surface area contributed by atoms with E-state index in [0.29, 0.717) is 0 Å². The van der Waals surface area contributed by atoms with Gasteiger partial charge in [-0.1, -0.05) is 48.5 Å². The number of amides is 2. The van der Waals surface area contributed by atoms with Crippen LogP contribution in [0.4, 0.5) is 9.59 Å². The molecule has 0 aromatic heterocycles. The number of aliphatic carboxylic acids is 1. The zero-order chi connectivity index (χ0) is 25.0. The number of benzene rings is 2. The smallest absolute Gasteiger partial charge is 0.410 e. The van der Waals surface area contributed by atoms with E-state index in [1.54, 1.807) is 20.8 Å². The Hall–Kier alpha value is -3.55. The summed E-state index contributed by atoms with van der Waals surface area (Å²) in [6, 6.07) is 16.2. The average Bonchev–Trinajstić information content (AvgIpc) is 3.33. The number of hydrogen-bond acceptors (Lipinski definition) is 5. The third-order valence-corrected chi connectivity index (χ3v) is 7.20. The summed E-state index contributed by atoms with van der Waals surface area (Å²) < 4.78 is 11.1. The summed E-state index contributed by atoms with van der Waals surface area (Å²) in [6.07, 6.45) is -0.988. The van der Waals surface area contributed by atoms with Crippen LogP contribution in [0.2, 0.25) is 0 Å². The predicted octanol–water partition coefficient (Wildman–Crippen LogP) is 4.19. The van der Waals surface area contributed by atoms with Gasteiger partial charge >= 0.3 is 18.2 Å². The molecule has 0 bridgehead atoms. The number of hydrogen-bond donors (Lipinski definition) is 1. The zero-order valence-corrected chi connectivity index (χ0v) is 20.2. The van der Waals surface area contributed by atoms with Gasteiger partial charge in [0.1, 0.15) is 12.2 Å². The Bertz CT molecular complexity index is 1130. The first-order valence-electron chi connectivity index (χ1n) is 11.9. The van der Waals surface area contributed by atoms with E-state index in [-0.39, 0.29) is 38.7 Å². The second kappa shape index (κ2) is 8.29. The molecule has 2 fully saturated rings. The van der Waals surface area contributed by atoms with Gasteiger partial charge in [-0.15, -0.1) is 0 Å². The first-order valence-corrected chi connectivity index (χ1v) is 11.9. The van der Waals surface area contributed by atoms with Crippen molar-refractivity contribution in [2.24, 2.45) is 11.3 Å². The van der Waals surface area contributed by atoms with Crippen molar-refractivity contribution in [3.63, 3.8) is 0 Å². The summed E-state index contributed by atoms with van der Waals surface area (Å²) in [5, 5.41) is 9.83. The van der Waals surface area contributed by atoms with Crippen molar-refractivity contribution < 1.29 is 29.0 Å². The standard InChI is InChI=1S/C27H30N2O6/c1-26(2,3)35-25(33)29-15-27(16-29)14-28(12-22(27)23(30)31)24(32)34-13-21-19-10-6-4-8-17(19)18-9-5-7-11-20(18)21/h4-11,21-22H,12-16H2,1-3H3,(H,30,31). The lowest BCUT2D eigenvalue weighted by Crippen LogP contribution is -2.63. The van der Waals surface area contributed by atoms with Gasteiger partial charge in [-0.25, -0.2) is 9.59 Å². The van der Waals surface area contributed by atoms with E-state index in [1.807, 2.05) is 24.3 Å². The Labute approximate surface area is 204 Å². The molecule has 2 heterocycles. The number of carbonyl (C=O) groups is 3. The second-order valence-electron chi connectivity index (χ2n) is 10.8. The van der Waals surface area contributed by atoms with Crippen molar-refractivity contribution in [2.75, 3.05) is 32.8 Å². The van der Waals surface area contributed by atoms with E-state index in [4.69, 9.17) is 9.47 Å². The maximum absolute atomic E-state index is 13.0. The maximum Gasteiger partial charge on any atom is 0.410 e. The molecule has 35 heavy (non-hydrogen) atoms. The Balaban J connectivity index is 1.25. The molecule has 1 N–H and O–H groups in total. The molecule has 2 amide bonds. The Morgan fingerprint density at radius 1 is 0.914 bits per heavy atom. The molecule has 5 rings (SSSR count). The Morgan fingerprint density at radius 2 is 1.46 bits per heavy atom. The van der Waals surface area contributed by atoms with E-state index in [9.17, 15) is 19.5 Å². The molecule has 1 spiro atoms. The van der Waals surface area contributed by atoms with Crippen LogP contribution in [-0.4, -0.2) is 71.4 Å². The largest absolute Gasteiger partial charge is 0.481 e. The fraction of sp³-hybridized carbons (Fsp3) is 0.444. The van der Waals surface area contributed by atoms with Gasteiger partial charge in [0.25, 0.3) is 0 Å². The van der Waals surface area contributed by atoms with Crippen molar-refractivity contribution >= 4 is 18.2 Å². The summed E-state index contributed by atoms with van der Waals surface area (Å²) in [5.74, 6) is -1.80. The van der Waals surface area contributed by atoms with E-state index in [1.165, 1.54) is 9.80 Å². The first kappa shape index (κ1) is 23.2. The van der Waals surface area contributed by atoms with Gasteiger partial charge in [-0.3, -0.25) is 4.79 Å². The van der Waals surface area contributed by atoms with Crippen LogP contribution in [0, 0.1) is 11.3 Å². The number of carboxylic acids is 1. The number of carbonyl (C=O) groups excluding carboxylic acids is 2. The molecule has 2 aromatic rings. The molecule has 1 aliphatic carbocycles. The fourth-order valence-corrected chi connectivity index (χ4v) is 5.62. The molecule has 0 radical (unpaired) electrons. The summed E-state index contributed by atoms with van der Waals surface area (Å²) >= 11 is 0. The number of nitrogens with zero attached hydrogens (tertiary/aromatic N) is 2. The van der Waals surface area contributed by atoms with Crippen LogP contribution in [0.5, 0.6) is 0 Å². The van der Waals surface area contributed by atoms with Crippen LogP contribution in [0.25, 0.3) is 11.1 Å². The molecule has 0 saturated carbocycles. The summed E-state index contributed by atoms with van der Waals surface area (Å²) in [7, 11) is 0. The molecule has 184 valence electrons. The van der Waals surface area contributed by atoms with Crippen molar-refractivity contribution in [3.05, 3.63) is 59.7 Å². The van der Waals surface area contributed by atoms with Crippen LogP contribution < -0.4 is 0 Å². The molecule has 1 unspecified atom stereocenters. The number of ether oxygens (including phenoxy) is 2. The second-order valence-corrected chi connectivity index (χ2v) is 10.8. The van der Waals surface area contributed by atoms with E-state index in [0.717, 1.165) is 22.3 Å². The van der Waals surface area contributed by atoms with E-state index < -0.39 is 35.1 Å². The SMILES string of the molecule is CC(C)(C)OC(=O)N1CC2(CN(C(=O)OCC3c4ccccc4-c4ccccc43)CC2C(=O)O)C1. The lowest BCUT2D eigenvalue weighted by atomic mass is 9.72. The zero-order valence-electron chi connectivity index (χ0n) is 20.2. The topological polar surface area (TPSA) is 96.4 Å². The minimum absolute atomic E-state index is 0.0637. The van der Waals surface area contributed by atoms with Crippen molar-refractivity contribution in [1.82, 2.24) is 9.80 Å². The Morgan fingerprint density at radius 3 is 2.00 bits per heavy atom. The fourth-order valence-electron chi connectivity index (χ4n) is 5.62. The van der Waals surface area contributed by atoms with Gasteiger partial charge in [0, 0.05) is 37.5 Å². The lowest BCUT2D eigenvalue weighted by Gasteiger charge is -2.49. The van der Waals surface area contributed by atoms with E-state index >= 15 is 0 Å². The number of carboxylic acid groups (broad SMARTS) is 1. The van der Waals surface area contributed by atoms with Crippen LogP contribution in [0.3, 0.4) is 0 Å². The van der Waals surface area contributed by atoms with Crippen LogP contribution in [0.15, 0.2) is 48.5 Å². The molecule has 2 saturated heterocycles. The molecular formula is C27H30N2O6. The van der Waals surface area contributed by atoms with Crippen molar-refractivity contribution in [1.29, 1.82) is 0 Å². The van der Waals surface area contributed by atoms with Gasteiger partial charge < -0.3 is 24.4 Å². The molecule has 1 atom stereocenters. The van der Waals surface area contributed by atoms with Gasteiger partial charge in [-0.05, 0) is 43.0 Å². The number of rotatable bonds is 3. The third-order valence-electron chi connectivity index (χ3n) is 7.20. The number of likely N-dealkylation sites (tertiary alicyclic amines) is 2. The van der Waals surface area contributed by atoms with E-state index in [2.05, 4.69) is 24.3 Å². The highest BCUT2D eigenvalue weighted by atomic mass is 16.6. The summed E-state index contributed by atoms with van der Waals surface area (Å²) in [5.41, 5.74) is 3.21. The summed E-state index contributed by atoms with van der Waals surface area (Å²) in [6.45, 7) is 6.32. The van der Waals surface area contributed by atoms with Gasteiger partial charge in [0.05, 0.1) is 5.92 Å². The first-order chi connectivity index (χ1) is 16.6. The quantitative estimate of drug-likeness (QED) is 0.711. The normalized spacial score (nSPS) is 20.3. The van der Waals surface area contributed by atoms with Crippen LogP contribution >= 0.6 is 0 Å². The molecule has 2 aliphatic heterocycles. The van der Waals surface area contributed by atoms with Crippen LogP contribution in [0.1, 0.15) is 37.8 Å². The van der Waals surface area contributed by atoms with Gasteiger partial charge in [0.2, 0.25) is 0 Å². The maximum atomic E-state index is 13.0. The third kappa shape index (κ3) is 4.11. The predicted molar refractivity (Wildman–Crippen MR) is 128 cm³/mol. The average molecular weight is 479 g/mol. The van der Waals surface area contributed by atoms with Gasteiger partial charge in [-0.2, -0.15) is 0 Å². The molecule has 2 aromatic carbocycles.